The predicted molar refractivity (Wildman–Crippen MR) is 61.4 cm³/mol. The van der Waals surface area contributed by atoms with E-state index in [1.54, 1.807) is 11.8 Å². The highest BCUT2D eigenvalue weighted by Crippen LogP contribution is 2.19. The number of carboxylic acids is 1. The number of esters is 1. The number of nitrogens with two attached hydrogens (primary N) is 1. The van der Waals surface area contributed by atoms with Crippen LogP contribution in [0.1, 0.15) is 19.8 Å². The third-order valence-corrected chi connectivity index (χ3v) is 2.76. The number of carboxylic acid groups (broad SMARTS) is 1. The zero-order valence-electron chi connectivity index (χ0n) is 10.1. The normalized spacial score (nSPS) is 25.5. The minimum Gasteiger partial charge on any atom is -0.480 e. The molecule has 1 saturated heterocycles. The van der Waals surface area contributed by atoms with Gasteiger partial charge in [-0.2, -0.15) is 0 Å². The lowest BCUT2D eigenvalue weighted by Gasteiger charge is -2.34. The third kappa shape index (κ3) is 5.14. The molecule has 6 nitrogen and oxygen atoms in total. The van der Waals surface area contributed by atoms with Gasteiger partial charge in [0.05, 0.1) is 13.2 Å². The molecule has 0 bridgehead atoms. The van der Waals surface area contributed by atoms with Crippen LogP contribution >= 0.6 is 0 Å². The van der Waals surface area contributed by atoms with E-state index in [0.29, 0.717) is 26.1 Å². The van der Waals surface area contributed by atoms with Gasteiger partial charge in [0.2, 0.25) is 0 Å². The molecule has 1 aliphatic heterocycles. The molecule has 98 valence electrons. The minimum absolute atomic E-state index is 0.0208. The van der Waals surface area contributed by atoms with Crippen molar-refractivity contribution < 1.29 is 19.4 Å². The van der Waals surface area contributed by atoms with E-state index in [-0.39, 0.29) is 24.5 Å². The fraction of sp³-hybridized carbons (Fsp3) is 0.818. The fourth-order valence-electron chi connectivity index (χ4n) is 2.27. The molecule has 0 radical (unpaired) electrons. The molecule has 0 aromatic heterocycles. The van der Waals surface area contributed by atoms with Crippen LogP contribution in [0.5, 0.6) is 0 Å². The quantitative estimate of drug-likeness (QED) is 0.643. The molecule has 0 aromatic rings. The fourth-order valence-corrected chi connectivity index (χ4v) is 2.27. The highest BCUT2D eigenvalue weighted by molar-refractivity contribution is 5.70. The molecule has 6 heteroatoms. The number of ether oxygens (including phenoxy) is 1. The van der Waals surface area contributed by atoms with Gasteiger partial charge < -0.3 is 15.6 Å². The highest BCUT2D eigenvalue weighted by Gasteiger charge is 2.28. The molecule has 0 spiro atoms. The first-order valence-electron chi connectivity index (χ1n) is 5.86. The third-order valence-electron chi connectivity index (χ3n) is 2.76. The molecule has 3 N–H and O–H groups in total. The summed E-state index contributed by atoms with van der Waals surface area (Å²) in [4.78, 5) is 23.8. The van der Waals surface area contributed by atoms with Crippen LogP contribution in [0.15, 0.2) is 0 Å². The average Bonchev–Trinajstić information content (AvgIpc) is 2.14. The average molecular weight is 244 g/mol. The summed E-state index contributed by atoms with van der Waals surface area (Å²) < 4.78 is 4.88. The summed E-state index contributed by atoms with van der Waals surface area (Å²) in [6.07, 6.45) is 1.06. The Labute approximate surface area is 101 Å². The van der Waals surface area contributed by atoms with Crippen LogP contribution in [0.2, 0.25) is 0 Å². The maximum absolute atomic E-state index is 11.3. The number of carbonyl (C=O) groups is 2. The van der Waals surface area contributed by atoms with Crippen molar-refractivity contribution in [3.8, 4) is 0 Å². The Balaban J connectivity index is 2.44. The minimum atomic E-state index is -0.867. The van der Waals surface area contributed by atoms with Crippen molar-refractivity contribution in [2.75, 3.05) is 26.2 Å². The monoisotopic (exact) mass is 244 g/mol. The maximum atomic E-state index is 11.3. The molecule has 2 atom stereocenters. The SMILES string of the molecule is CCOC(=O)CC1CC(N)CN(CC(=O)O)C1. The van der Waals surface area contributed by atoms with E-state index in [4.69, 9.17) is 15.6 Å². The van der Waals surface area contributed by atoms with Crippen molar-refractivity contribution in [3.05, 3.63) is 0 Å². The number of piperidine rings is 1. The Bertz CT molecular complexity index is 283. The molecular formula is C11H20N2O4. The Hall–Kier alpha value is -1.14. The van der Waals surface area contributed by atoms with Crippen molar-refractivity contribution in [2.24, 2.45) is 11.7 Å². The van der Waals surface area contributed by atoms with Crippen LogP contribution in [0.4, 0.5) is 0 Å². The van der Waals surface area contributed by atoms with Gasteiger partial charge in [-0.3, -0.25) is 14.5 Å². The molecule has 1 heterocycles. The Morgan fingerprint density at radius 1 is 1.47 bits per heavy atom. The lowest BCUT2D eigenvalue weighted by molar-refractivity contribution is -0.144. The van der Waals surface area contributed by atoms with Crippen molar-refractivity contribution in [2.45, 2.75) is 25.8 Å². The van der Waals surface area contributed by atoms with E-state index in [2.05, 4.69) is 0 Å². The van der Waals surface area contributed by atoms with Crippen LogP contribution in [0, 0.1) is 5.92 Å². The lowest BCUT2D eigenvalue weighted by Crippen LogP contribution is -2.49. The lowest BCUT2D eigenvalue weighted by atomic mass is 9.92. The topological polar surface area (TPSA) is 92.9 Å². The van der Waals surface area contributed by atoms with Crippen molar-refractivity contribution in [1.82, 2.24) is 4.90 Å². The van der Waals surface area contributed by atoms with Gasteiger partial charge >= 0.3 is 11.9 Å². The number of rotatable bonds is 5. The molecule has 0 aliphatic carbocycles. The number of hydrogen-bond donors (Lipinski definition) is 2. The highest BCUT2D eigenvalue weighted by atomic mass is 16.5. The zero-order chi connectivity index (χ0) is 12.8. The van der Waals surface area contributed by atoms with Gasteiger partial charge in [0.1, 0.15) is 0 Å². The first kappa shape index (κ1) is 13.9. The first-order chi connectivity index (χ1) is 8.01. The molecule has 1 fully saturated rings. The molecule has 0 aromatic carbocycles. The predicted octanol–water partition coefficient (Wildman–Crippen LogP) is -0.327. The van der Waals surface area contributed by atoms with E-state index >= 15 is 0 Å². The van der Waals surface area contributed by atoms with Gasteiger partial charge in [-0.15, -0.1) is 0 Å². The van der Waals surface area contributed by atoms with Crippen molar-refractivity contribution in [3.63, 3.8) is 0 Å². The second-order valence-electron chi connectivity index (χ2n) is 4.46. The number of likely N-dealkylation sites (tertiary alicyclic amines) is 1. The second-order valence-corrected chi connectivity index (χ2v) is 4.46. The molecule has 0 saturated carbocycles. The number of nitrogens with zero attached hydrogens (tertiary/aromatic N) is 1. The molecule has 1 rings (SSSR count). The summed E-state index contributed by atoms with van der Waals surface area (Å²) in [7, 11) is 0. The van der Waals surface area contributed by atoms with Crippen LogP contribution < -0.4 is 5.73 Å². The van der Waals surface area contributed by atoms with Crippen LogP contribution in [0.3, 0.4) is 0 Å². The van der Waals surface area contributed by atoms with E-state index in [1.807, 2.05) is 0 Å². The number of hydrogen-bond acceptors (Lipinski definition) is 5. The van der Waals surface area contributed by atoms with Crippen LogP contribution in [-0.4, -0.2) is 54.2 Å². The van der Waals surface area contributed by atoms with Gasteiger partial charge in [0.15, 0.2) is 0 Å². The summed E-state index contributed by atoms with van der Waals surface area (Å²) in [6, 6.07) is -0.0671. The summed E-state index contributed by atoms with van der Waals surface area (Å²) >= 11 is 0. The van der Waals surface area contributed by atoms with Gasteiger partial charge in [-0.05, 0) is 19.3 Å². The van der Waals surface area contributed by atoms with Gasteiger partial charge in [0, 0.05) is 25.6 Å². The van der Waals surface area contributed by atoms with Crippen molar-refractivity contribution >= 4 is 11.9 Å². The van der Waals surface area contributed by atoms with E-state index in [9.17, 15) is 9.59 Å². The smallest absolute Gasteiger partial charge is 0.317 e. The summed E-state index contributed by atoms with van der Waals surface area (Å²) in [5.74, 6) is -1.01. The summed E-state index contributed by atoms with van der Waals surface area (Å²) in [5.41, 5.74) is 5.85. The largest absolute Gasteiger partial charge is 0.480 e. The molecule has 2 unspecified atom stereocenters. The Kier molecular flexibility index (Phi) is 5.37. The standard InChI is InChI=1S/C11H20N2O4/c1-2-17-11(16)4-8-3-9(12)6-13(5-8)7-10(14)15/h8-9H,2-7,12H2,1H3,(H,14,15). The van der Waals surface area contributed by atoms with Crippen LogP contribution in [0.25, 0.3) is 0 Å². The number of aliphatic carboxylic acids is 1. The van der Waals surface area contributed by atoms with Crippen molar-refractivity contribution in [1.29, 1.82) is 0 Å². The first-order valence-corrected chi connectivity index (χ1v) is 5.86. The molecule has 1 aliphatic rings. The van der Waals surface area contributed by atoms with Gasteiger partial charge in [-0.25, -0.2) is 0 Å². The zero-order valence-corrected chi connectivity index (χ0v) is 10.1. The van der Waals surface area contributed by atoms with E-state index in [1.165, 1.54) is 0 Å². The van der Waals surface area contributed by atoms with Gasteiger partial charge in [0.25, 0.3) is 0 Å². The Morgan fingerprint density at radius 3 is 2.76 bits per heavy atom. The second kappa shape index (κ2) is 6.56. The van der Waals surface area contributed by atoms with E-state index < -0.39 is 5.97 Å². The van der Waals surface area contributed by atoms with E-state index in [0.717, 1.165) is 6.42 Å². The molecule has 17 heavy (non-hydrogen) atoms. The van der Waals surface area contributed by atoms with Gasteiger partial charge in [-0.1, -0.05) is 0 Å². The summed E-state index contributed by atoms with van der Waals surface area (Å²) in [5, 5.41) is 8.73. The summed E-state index contributed by atoms with van der Waals surface area (Å²) in [6.45, 7) is 3.29. The maximum Gasteiger partial charge on any atom is 0.317 e. The molecule has 0 amide bonds. The number of carbonyl (C=O) groups excluding carboxylic acids is 1. The van der Waals surface area contributed by atoms with Crippen LogP contribution in [-0.2, 0) is 14.3 Å². The Morgan fingerprint density at radius 2 is 2.18 bits per heavy atom. The molecular weight excluding hydrogens is 224 g/mol.